The predicted molar refractivity (Wildman–Crippen MR) is 69.8 cm³/mol. The van der Waals surface area contributed by atoms with E-state index in [0.29, 0.717) is 0 Å². The highest BCUT2D eigenvalue weighted by atomic mass is 16.1. The van der Waals surface area contributed by atoms with Gasteiger partial charge < -0.3 is 11.1 Å². The summed E-state index contributed by atoms with van der Waals surface area (Å²) in [6, 6.07) is 8.09. The van der Waals surface area contributed by atoms with Crippen LogP contribution in [0, 0.1) is 6.92 Å². The number of anilines is 1. The minimum Gasteiger partial charge on any atom is -0.371 e. The van der Waals surface area contributed by atoms with Crippen LogP contribution < -0.4 is 11.1 Å². The molecule has 1 aromatic carbocycles. The normalized spacial score (nSPS) is 18.6. The van der Waals surface area contributed by atoms with Gasteiger partial charge in [0.1, 0.15) is 5.54 Å². The molecule has 0 atom stereocenters. The lowest BCUT2D eigenvalue weighted by atomic mass is 9.81. The highest BCUT2D eigenvalue weighted by Crippen LogP contribution is 2.31. The second kappa shape index (κ2) is 4.78. The molecule has 0 bridgehead atoms. The number of carbonyl (C=O) groups is 1. The van der Waals surface area contributed by atoms with Crippen molar-refractivity contribution in [1.29, 1.82) is 0 Å². The molecular weight excluding hydrogens is 212 g/mol. The molecule has 1 aliphatic carbocycles. The van der Waals surface area contributed by atoms with Gasteiger partial charge in [0, 0.05) is 5.69 Å². The maximum atomic E-state index is 11.7. The number of primary amides is 1. The second-order valence-corrected chi connectivity index (χ2v) is 5.00. The number of aryl methyl sites for hydroxylation is 1. The van der Waals surface area contributed by atoms with Crippen LogP contribution in [0.25, 0.3) is 0 Å². The lowest BCUT2D eigenvalue weighted by Crippen LogP contribution is -2.51. The standard InChI is InChI=1S/C14H20N2O/c1-11-6-5-7-12(10-11)16-14(13(15)17)8-3-2-4-9-14/h5-7,10,16H,2-4,8-9H2,1H3,(H2,15,17). The Hall–Kier alpha value is -1.51. The predicted octanol–water partition coefficient (Wildman–Crippen LogP) is 2.60. The summed E-state index contributed by atoms with van der Waals surface area (Å²) in [5.74, 6) is -0.223. The summed E-state index contributed by atoms with van der Waals surface area (Å²) in [4.78, 5) is 11.7. The fourth-order valence-electron chi connectivity index (χ4n) is 2.59. The van der Waals surface area contributed by atoms with Crippen LogP contribution in [0.2, 0.25) is 0 Å². The third kappa shape index (κ3) is 2.60. The quantitative estimate of drug-likeness (QED) is 0.841. The molecule has 0 spiro atoms. The van der Waals surface area contributed by atoms with E-state index in [2.05, 4.69) is 11.4 Å². The Morgan fingerprint density at radius 1 is 1.29 bits per heavy atom. The van der Waals surface area contributed by atoms with Gasteiger partial charge in [-0.1, -0.05) is 31.4 Å². The lowest BCUT2D eigenvalue weighted by molar-refractivity contribution is -0.123. The van der Waals surface area contributed by atoms with Crippen molar-refractivity contribution in [1.82, 2.24) is 0 Å². The average molecular weight is 232 g/mol. The van der Waals surface area contributed by atoms with Crippen LogP contribution in [0.15, 0.2) is 24.3 Å². The van der Waals surface area contributed by atoms with Crippen molar-refractivity contribution in [2.45, 2.75) is 44.6 Å². The molecule has 1 aliphatic rings. The summed E-state index contributed by atoms with van der Waals surface area (Å²) in [7, 11) is 0. The molecule has 1 saturated carbocycles. The van der Waals surface area contributed by atoms with Crippen molar-refractivity contribution in [3.8, 4) is 0 Å². The summed E-state index contributed by atoms with van der Waals surface area (Å²) in [6.07, 6.45) is 5.03. The monoisotopic (exact) mass is 232 g/mol. The maximum Gasteiger partial charge on any atom is 0.243 e. The molecule has 0 unspecified atom stereocenters. The molecule has 0 aromatic heterocycles. The van der Waals surface area contributed by atoms with Gasteiger partial charge in [-0.25, -0.2) is 0 Å². The van der Waals surface area contributed by atoms with E-state index in [1.165, 1.54) is 12.0 Å². The zero-order valence-corrected chi connectivity index (χ0v) is 10.3. The van der Waals surface area contributed by atoms with E-state index in [0.717, 1.165) is 31.4 Å². The molecule has 17 heavy (non-hydrogen) atoms. The number of rotatable bonds is 3. The summed E-state index contributed by atoms with van der Waals surface area (Å²) in [6.45, 7) is 2.04. The fourth-order valence-corrected chi connectivity index (χ4v) is 2.59. The molecule has 3 nitrogen and oxygen atoms in total. The SMILES string of the molecule is Cc1cccc(NC2(C(N)=O)CCCCC2)c1. The molecule has 0 heterocycles. The van der Waals surface area contributed by atoms with Gasteiger partial charge in [0.2, 0.25) is 5.91 Å². The van der Waals surface area contributed by atoms with Gasteiger partial charge in [0.15, 0.2) is 0 Å². The zero-order valence-electron chi connectivity index (χ0n) is 10.3. The van der Waals surface area contributed by atoms with E-state index in [1.54, 1.807) is 0 Å². The first-order valence-electron chi connectivity index (χ1n) is 6.27. The molecule has 0 aliphatic heterocycles. The molecular formula is C14H20N2O. The van der Waals surface area contributed by atoms with Gasteiger partial charge in [-0.05, 0) is 37.5 Å². The van der Waals surface area contributed by atoms with Gasteiger partial charge in [0.25, 0.3) is 0 Å². The first kappa shape index (κ1) is 12.0. The first-order valence-corrected chi connectivity index (χ1v) is 6.27. The van der Waals surface area contributed by atoms with Gasteiger partial charge in [-0.2, -0.15) is 0 Å². The van der Waals surface area contributed by atoms with Crippen LogP contribution in [-0.2, 0) is 4.79 Å². The zero-order chi connectivity index (χ0) is 12.3. The molecule has 1 amide bonds. The number of hydrogen-bond acceptors (Lipinski definition) is 2. The Morgan fingerprint density at radius 2 is 2.00 bits per heavy atom. The Morgan fingerprint density at radius 3 is 2.59 bits per heavy atom. The van der Waals surface area contributed by atoms with E-state index in [-0.39, 0.29) is 5.91 Å². The van der Waals surface area contributed by atoms with E-state index >= 15 is 0 Å². The van der Waals surface area contributed by atoms with Crippen LogP contribution in [0.3, 0.4) is 0 Å². The number of nitrogens with one attached hydrogen (secondary N) is 1. The molecule has 92 valence electrons. The fraction of sp³-hybridized carbons (Fsp3) is 0.500. The highest BCUT2D eigenvalue weighted by Gasteiger charge is 2.37. The summed E-state index contributed by atoms with van der Waals surface area (Å²) in [5, 5.41) is 3.36. The first-order chi connectivity index (χ1) is 8.12. The molecule has 2 rings (SSSR count). The van der Waals surface area contributed by atoms with Crippen molar-refractivity contribution >= 4 is 11.6 Å². The molecule has 3 heteroatoms. The highest BCUT2D eigenvalue weighted by molar-refractivity contribution is 5.88. The number of hydrogen-bond donors (Lipinski definition) is 2. The summed E-state index contributed by atoms with van der Waals surface area (Å²) < 4.78 is 0. The van der Waals surface area contributed by atoms with Crippen LogP contribution in [0.4, 0.5) is 5.69 Å². The number of carbonyl (C=O) groups excluding carboxylic acids is 1. The van der Waals surface area contributed by atoms with Crippen molar-refractivity contribution in [2.24, 2.45) is 5.73 Å². The van der Waals surface area contributed by atoms with Crippen molar-refractivity contribution in [2.75, 3.05) is 5.32 Å². The molecule has 0 saturated heterocycles. The van der Waals surface area contributed by atoms with E-state index in [9.17, 15) is 4.79 Å². The Labute approximate surface area is 102 Å². The van der Waals surface area contributed by atoms with E-state index < -0.39 is 5.54 Å². The van der Waals surface area contributed by atoms with E-state index in [4.69, 9.17) is 5.73 Å². The summed E-state index contributed by atoms with van der Waals surface area (Å²) >= 11 is 0. The van der Waals surface area contributed by atoms with Gasteiger partial charge in [-0.3, -0.25) is 4.79 Å². The third-order valence-corrected chi connectivity index (χ3v) is 3.58. The Kier molecular flexibility index (Phi) is 3.36. The molecule has 1 aromatic rings. The van der Waals surface area contributed by atoms with Crippen LogP contribution in [-0.4, -0.2) is 11.4 Å². The van der Waals surface area contributed by atoms with Crippen molar-refractivity contribution in [3.05, 3.63) is 29.8 Å². The topological polar surface area (TPSA) is 55.1 Å². The lowest BCUT2D eigenvalue weighted by Gasteiger charge is -2.36. The molecule has 3 N–H and O–H groups in total. The van der Waals surface area contributed by atoms with Gasteiger partial charge in [0.05, 0.1) is 0 Å². The number of amides is 1. The Bertz CT molecular complexity index is 408. The second-order valence-electron chi connectivity index (χ2n) is 5.00. The number of nitrogens with two attached hydrogens (primary N) is 1. The van der Waals surface area contributed by atoms with Crippen LogP contribution >= 0.6 is 0 Å². The largest absolute Gasteiger partial charge is 0.371 e. The van der Waals surface area contributed by atoms with Crippen LogP contribution in [0.5, 0.6) is 0 Å². The minimum absolute atomic E-state index is 0.223. The molecule has 1 fully saturated rings. The van der Waals surface area contributed by atoms with E-state index in [1.807, 2.05) is 25.1 Å². The molecule has 0 radical (unpaired) electrons. The smallest absolute Gasteiger partial charge is 0.243 e. The van der Waals surface area contributed by atoms with Crippen molar-refractivity contribution in [3.63, 3.8) is 0 Å². The number of benzene rings is 1. The third-order valence-electron chi connectivity index (χ3n) is 3.58. The van der Waals surface area contributed by atoms with Crippen molar-refractivity contribution < 1.29 is 4.79 Å². The van der Waals surface area contributed by atoms with Gasteiger partial charge >= 0.3 is 0 Å². The Balaban J connectivity index is 2.20. The van der Waals surface area contributed by atoms with Gasteiger partial charge in [-0.15, -0.1) is 0 Å². The maximum absolute atomic E-state index is 11.7. The van der Waals surface area contributed by atoms with Crippen LogP contribution in [0.1, 0.15) is 37.7 Å². The minimum atomic E-state index is -0.536. The summed E-state index contributed by atoms with van der Waals surface area (Å²) in [5.41, 5.74) is 7.23. The average Bonchev–Trinajstić information content (AvgIpc) is 2.30.